The van der Waals surface area contributed by atoms with Gasteiger partial charge in [0.1, 0.15) is 18.1 Å². The molecule has 0 saturated heterocycles. The maximum absolute atomic E-state index is 13.2. The van der Waals surface area contributed by atoms with Gasteiger partial charge in [0.2, 0.25) is 0 Å². The zero-order valence-electron chi connectivity index (χ0n) is 13.2. The molecule has 2 aromatic heterocycles. The highest BCUT2D eigenvalue weighted by molar-refractivity contribution is 5.98. The molecule has 3 rings (SSSR count). The summed E-state index contributed by atoms with van der Waals surface area (Å²) in [5.41, 5.74) is -1.01. The smallest absolute Gasteiger partial charge is 0.417 e. The fourth-order valence-corrected chi connectivity index (χ4v) is 2.78. The number of hydrogen-bond acceptors (Lipinski definition) is 2. The number of fused-ring (bicyclic) bond motifs is 1. The van der Waals surface area contributed by atoms with Crippen molar-refractivity contribution in [1.29, 1.82) is 0 Å². The molecule has 1 N–H and O–H groups in total. The molecule has 0 unspecified atom stereocenters. The highest BCUT2D eigenvalue weighted by Gasteiger charge is 2.34. The number of hydrogen-bond donors (Lipinski definition) is 1. The van der Waals surface area contributed by atoms with Crippen LogP contribution in [0.4, 0.5) is 13.2 Å². The molecule has 0 fully saturated rings. The number of aryl methyl sites for hydroxylation is 1. The van der Waals surface area contributed by atoms with E-state index in [1.54, 1.807) is 0 Å². The minimum absolute atomic E-state index is 0.111. The normalized spacial score (nSPS) is 11.8. The fourth-order valence-electron chi connectivity index (χ4n) is 2.78. The number of nitrogens with zero attached hydrogens (tertiary/aromatic N) is 2. The van der Waals surface area contributed by atoms with Crippen LogP contribution in [0.15, 0.2) is 42.7 Å². The molecule has 2 heterocycles. The average molecular weight is 352 g/mol. The molecule has 0 aliphatic heterocycles. The molecule has 0 amide bonds. The minimum atomic E-state index is -4.58. The summed E-state index contributed by atoms with van der Waals surface area (Å²) in [6.45, 7) is 0.758. The van der Waals surface area contributed by atoms with Gasteiger partial charge in [0.15, 0.2) is 0 Å². The highest BCUT2D eigenvalue weighted by atomic mass is 19.4. The molecule has 0 atom stereocenters. The van der Waals surface area contributed by atoms with Gasteiger partial charge in [-0.05, 0) is 30.3 Å². The Morgan fingerprint density at radius 1 is 1.24 bits per heavy atom. The lowest BCUT2D eigenvalue weighted by molar-refractivity contribution is -0.136. The van der Waals surface area contributed by atoms with E-state index in [2.05, 4.69) is 0 Å². The van der Waals surface area contributed by atoms with Crippen molar-refractivity contribution < 1.29 is 27.8 Å². The van der Waals surface area contributed by atoms with Crippen LogP contribution in [0.2, 0.25) is 0 Å². The lowest BCUT2D eigenvalue weighted by Crippen LogP contribution is -2.09. The lowest BCUT2D eigenvalue weighted by atomic mass is 10.1. The summed E-state index contributed by atoms with van der Waals surface area (Å²) >= 11 is 0. The summed E-state index contributed by atoms with van der Waals surface area (Å²) < 4.78 is 48.4. The van der Waals surface area contributed by atoms with Crippen LogP contribution < -0.4 is 4.74 Å². The van der Waals surface area contributed by atoms with Gasteiger partial charge >= 0.3 is 12.1 Å². The van der Waals surface area contributed by atoms with E-state index in [4.69, 9.17) is 4.74 Å². The maximum atomic E-state index is 13.2. The molecule has 5 nitrogen and oxygen atoms in total. The van der Waals surface area contributed by atoms with Gasteiger partial charge in [-0.3, -0.25) is 0 Å². The van der Waals surface area contributed by atoms with E-state index in [0.717, 1.165) is 12.1 Å². The molecule has 0 aliphatic rings. The van der Waals surface area contributed by atoms with E-state index >= 15 is 0 Å². The van der Waals surface area contributed by atoms with Crippen molar-refractivity contribution in [2.75, 3.05) is 6.61 Å². The molecule has 132 valence electrons. The molecule has 0 spiro atoms. The quantitative estimate of drug-likeness (QED) is 0.760. The summed E-state index contributed by atoms with van der Waals surface area (Å²) in [6, 6.07) is 6.88. The van der Waals surface area contributed by atoms with E-state index in [1.165, 1.54) is 17.7 Å². The van der Waals surface area contributed by atoms with Crippen molar-refractivity contribution in [3.63, 3.8) is 0 Å². The predicted octanol–water partition coefficient (Wildman–Crippen LogP) is 3.78. The third-order valence-electron chi connectivity index (χ3n) is 3.96. The molecule has 0 saturated carbocycles. The van der Waals surface area contributed by atoms with Crippen molar-refractivity contribution in [3.05, 3.63) is 54.0 Å². The molecule has 1 aromatic carbocycles. The van der Waals surface area contributed by atoms with Crippen LogP contribution in [-0.2, 0) is 19.8 Å². The van der Waals surface area contributed by atoms with Gasteiger partial charge in [-0.2, -0.15) is 13.2 Å². The van der Waals surface area contributed by atoms with Crippen LogP contribution in [0.25, 0.3) is 10.9 Å². The first-order valence-corrected chi connectivity index (χ1v) is 7.45. The molecule has 3 aromatic rings. The molecule has 0 radical (unpaired) electrons. The van der Waals surface area contributed by atoms with Crippen LogP contribution in [0, 0.1) is 0 Å². The summed E-state index contributed by atoms with van der Waals surface area (Å²) in [7, 11) is 1.41. The fraction of sp³-hybridized carbons (Fsp3) is 0.235. The van der Waals surface area contributed by atoms with E-state index in [-0.39, 0.29) is 29.0 Å². The first kappa shape index (κ1) is 16.9. The number of aromatic carboxylic acids is 1. The number of rotatable bonds is 5. The Bertz CT molecular complexity index is 912. The van der Waals surface area contributed by atoms with E-state index in [1.807, 2.05) is 29.1 Å². The Morgan fingerprint density at radius 3 is 2.52 bits per heavy atom. The highest BCUT2D eigenvalue weighted by Crippen LogP contribution is 2.39. The monoisotopic (exact) mass is 352 g/mol. The van der Waals surface area contributed by atoms with Gasteiger partial charge in [0.05, 0.1) is 17.6 Å². The van der Waals surface area contributed by atoms with E-state index < -0.39 is 17.7 Å². The Kier molecular flexibility index (Phi) is 4.20. The van der Waals surface area contributed by atoms with Crippen molar-refractivity contribution in [2.45, 2.75) is 12.7 Å². The second kappa shape index (κ2) is 6.19. The lowest BCUT2D eigenvalue weighted by Gasteiger charge is -2.13. The molecular weight excluding hydrogens is 337 g/mol. The molecule has 25 heavy (non-hydrogen) atoms. The topological polar surface area (TPSA) is 56.4 Å². The minimum Gasteiger partial charge on any atom is -0.490 e. The van der Waals surface area contributed by atoms with Crippen LogP contribution in [-0.4, -0.2) is 26.8 Å². The van der Waals surface area contributed by atoms with Gasteiger partial charge in [0.25, 0.3) is 0 Å². The van der Waals surface area contributed by atoms with Gasteiger partial charge < -0.3 is 19.0 Å². The number of aromatic nitrogens is 2. The van der Waals surface area contributed by atoms with Crippen molar-refractivity contribution in [2.24, 2.45) is 7.05 Å². The second-order valence-corrected chi connectivity index (χ2v) is 5.53. The number of alkyl halides is 3. The van der Waals surface area contributed by atoms with Crippen molar-refractivity contribution >= 4 is 16.9 Å². The number of carboxylic acid groups (broad SMARTS) is 1. The Morgan fingerprint density at radius 2 is 1.92 bits per heavy atom. The van der Waals surface area contributed by atoms with Crippen molar-refractivity contribution in [3.8, 4) is 5.75 Å². The largest absolute Gasteiger partial charge is 0.490 e. The third-order valence-corrected chi connectivity index (χ3v) is 3.96. The Labute approximate surface area is 140 Å². The maximum Gasteiger partial charge on any atom is 0.417 e. The van der Waals surface area contributed by atoms with Crippen LogP contribution in [0.3, 0.4) is 0 Å². The van der Waals surface area contributed by atoms with Crippen molar-refractivity contribution in [1.82, 2.24) is 9.13 Å². The van der Waals surface area contributed by atoms with Crippen LogP contribution in [0.1, 0.15) is 16.1 Å². The van der Waals surface area contributed by atoms with Crippen LogP contribution in [0.5, 0.6) is 5.75 Å². The summed E-state index contributed by atoms with van der Waals surface area (Å²) in [4.78, 5) is 11.3. The summed E-state index contributed by atoms with van der Waals surface area (Å²) in [6.07, 6.45) is -0.896. The number of halogens is 3. The number of ether oxygens (including phenoxy) is 1. The number of carboxylic acids is 1. The van der Waals surface area contributed by atoms with E-state index in [9.17, 15) is 23.1 Å². The second-order valence-electron chi connectivity index (χ2n) is 5.53. The zero-order chi connectivity index (χ0) is 18.2. The molecular formula is C17H15F3N2O3. The first-order chi connectivity index (χ1) is 11.8. The zero-order valence-corrected chi connectivity index (χ0v) is 13.2. The van der Waals surface area contributed by atoms with Gasteiger partial charge in [-0.1, -0.05) is 0 Å². The summed E-state index contributed by atoms with van der Waals surface area (Å²) in [5, 5.41) is 9.02. The standard InChI is InChI=1S/C17H15F3N2O3/c1-21-13(16(23)24)10-11-12(17(18,19)20)4-5-14(15(11)21)25-9-8-22-6-2-3-7-22/h2-7,10H,8-9H2,1H3,(H,23,24). The number of benzene rings is 1. The van der Waals surface area contributed by atoms with E-state index in [0.29, 0.717) is 6.54 Å². The Hall–Kier alpha value is -2.90. The average Bonchev–Trinajstić information content (AvgIpc) is 3.14. The van der Waals surface area contributed by atoms with Gasteiger partial charge in [0, 0.05) is 24.8 Å². The first-order valence-electron chi connectivity index (χ1n) is 7.45. The van der Waals surface area contributed by atoms with Crippen LogP contribution >= 0.6 is 0 Å². The summed E-state index contributed by atoms with van der Waals surface area (Å²) in [5.74, 6) is -1.09. The predicted molar refractivity (Wildman–Crippen MR) is 84.8 cm³/mol. The third kappa shape index (κ3) is 3.19. The Balaban J connectivity index is 2.02. The SMILES string of the molecule is Cn1c(C(=O)O)cc2c(C(F)(F)F)ccc(OCCn3cccc3)c21. The number of carbonyl (C=O) groups is 1. The molecule has 0 aliphatic carbocycles. The van der Waals surface area contributed by atoms with Gasteiger partial charge in [-0.25, -0.2) is 4.79 Å². The van der Waals surface area contributed by atoms with Gasteiger partial charge in [-0.15, -0.1) is 0 Å². The molecule has 0 bridgehead atoms. The molecule has 8 heteroatoms.